The summed E-state index contributed by atoms with van der Waals surface area (Å²) >= 11 is 0. The van der Waals surface area contributed by atoms with Crippen molar-refractivity contribution < 1.29 is 28.6 Å². The molecule has 1 fully saturated rings. The predicted molar refractivity (Wildman–Crippen MR) is 132 cm³/mol. The summed E-state index contributed by atoms with van der Waals surface area (Å²) in [4.78, 5) is 55.6. The van der Waals surface area contributed by atoms with Gasteiger partial charge < -0.3 is 19.7 Å². The zero-order chi connectivity index (χ0) is 26.5. The number of amides is 3. The van der Waals surface area contributed by atoms with Crippen LogP contribution >= 0.6 is 0 Å². The number of methoxy groups -OCH3 is 1. The molecule has 10 nitrogen and oxygen atoms in total. The van der Waals surface area contributed by atoms with Crippen molar-refractivity contribution in [3.8, 4) is 5.75 Å². The summed E-state index contributed by atoms with van der Waals surface area (Å²) < 4.78 is 19.5. The number of carbonyl (C=O) groups is 3. The Labute approximate surface area is 211 Å². The topological polar surface area (TPSA) is 131 Å². The van der Waals surface area contributed by atoms with Crippen LogP contribution in [0, 0.1) is 5.82 Å². The van der Waals surface area contributed by atoms with Crippen LogP contribution in [0.4, 0.5) is 4.39 Å². The number of aryl methyl sites for hydroxylation is 1. The Morgan fingerprint density at radius 1 is 1.11 bits per heavy atom. The largest absolute Gasteiger partial charge is 0.505 e. The Kier molecular flexibility index (Phi) is 7.92. The van der Waals surface area contributed by atoms with E-state index < -0.39 is 22.8 Å². The molecule has 37 heavy (non-hydrogen) atoms. The van der Waals surface area contributed by atoms with Crippen molar-refractivity contribution in [2.24, 2.45) is 0 Å². The van der Waals surface area contributed by atoms with Gasteiger partial charge in [0.05, 0.1) is 12.1 Å². The van der Waals surface area contributed by atoms with E-state index in [1.165, 1.54) is 34.9 Å². The summed E-state index contributed by atoms with van der Waals surface area (Å²) in [6.07, 6.45) is 2.53. The summed E-state index contributed by atoms with van der Waals surface area (Å²) in [5.41, 5.74) is 0.715. The van der Waals surface area contributed by atoms with Crippen LogP contribution in [0.3, 0.4) is 0 Å². The van der Waals surface area contributed by atoms with Crippen LogP contribution in [0.15, 0.2) is 41.3 Å². The highest BCUT2D eigenvalue weighted by atomic mass is 19.1. The molecule has 1 saturated heterocycles. The lowest BCUT2D eigenvalue weighted by Gasteiger charge is -2.17. The lowest BCUT2D eigenvalue weighted by molar-refractivity contribution is -0.138. The van der Waals surface area contributed by atoms with E-state index in [1.807, 2.05) is 0 Å². The molecule has 3 amide bonds. The number of imide groups is 1. The van der Waals surface area contributed by atoms with Gasteiger partial charge >= 0.3 is 0 Å². The first-order chi connectivity index (χ1) is 17.8. The third-order valence-corrected chi connectivity index (χ3v) is 6.19. The minimum absolute atomic E-state index is 0.0627. The minimum Gasteiger partial charge on any atom is -0.505 e. The van der Waals surface area contributed by atoms with E-state index in [0.717, 1.165) is 5.56 Å². The van der Waals surface area contributed by atoms with E-state index in [2.05, 4.69) is 10.3 Å². The first kappa shape index (κ1) is 26.0. The van der Waals surface area contributed by atoms with E-state index >= 15 is 0 Å². The Bertz CT molecular complexity index is 1390. The monoisotopic (exact) mass is 510 g/mol. The number of aromatic hydroxyl groups is 1. The number of aromatic nitrogens is 2. The van der Waals surface area contributed by atoms with Crippen molar-refractivity contribution in [1.29, 1.82) is 0 Å². The molecule has 1 aliphatic rings. The molecule has 3 heterocycles. The maximum atomic E-state index is 13.4. The lowest BCUT2D eigenvalue weighted by atomic mass is 10.1. The van der Waals surface area contributed by atoms with Crippen LogP contribution in [0.2, 0.25) is 0 Å². The van der Waals surface area contributed by atoms with Crippen molar-refractivity contribution in [2.45, 2.75) is 32.2 Å². The van der Waals surface area contributed by atoms with Crippen LogP contribution in [-0.2, 0) is 27.3 Å². The molecule has 0 bridgehead atoms. The Morgan fingerprint density at radius 3 is 2.49 bits per heavy atom. The van der Waals surface area contributed by atoms with E-state index in [1.54, 1.807) is 18.2 Å². The predicted octanol–water partition coefficient (Wildman–Crippen LogP) is 1.75. The quantitative estimate of drug-likeness (QED) is 0.314. The van der Waals surface area contributed by atoms with Gasteiger partial charge in [-0.25, -0.2) is 4.39 Å². The Balaban J connectivity index is 1.71. The number of benzene rings is 1. The number of hydrogen-bond acceptors (Lipinski definition) is 7. The zero-order valence-electron chi connectivity index (χ0n) is 20.3. The Hall–Kier alpha value is -4.12. The van der Waals surface area contributed by atoms with Crippen molar-refractivity contribution in [2.75, 3.05) is 26.8 Å². The molecule has 194 valence electrons. The van der Waals surface area contributed by atoms with Gasteiger partial charge in [0.1, 0.15) is 16.9 Å². The number of likely N-dealkylation sites (tertiary alicyclic amines) is 1. The van der Waals surface area contributed by atoms with E-state index in [4.69, 9.17) is 4.74 Å². The number of nitrogens with one attached hydrogen (secondary N) is 1. The molecule has 0 aliphatic carbocycles. The Morgan fingerprint density at radius 2 is 1.81 bits per heavy atom. The first-order valence-electron chi connectivity index (χ1n) is 11.9. The molecule has 0 radical (unpaired) electrons. The second-order valence-electron chi connectivity index (χ2n) is 8.74. The summed E-state index contributed by atoms with van der Waals surface area (Å²) in [6.45, 7) is 0.559. The number of rotatable bonds is 10. The summed E-state index contributed by atoms with van der Waals surface area (Å²) in [6, 6.07) is 7.66. The smallest absolute Gasteiger partial charge is 0.267 e. The van der Waals surface area contributed by atoms with Gasteiger partial charge in [-0.05, 0) is 42.2 Å². The second kappa shape index (κ2) is 11.3. The molecule has 3 aromatic rings. The second-order valence-corrected chi connectivity index (χ2v) is 8.74. The molecule has 0 atom stereocenters. The van der Waals surface area contributed by atoms with Crippen molar-refractivity contribution >= 4 is 28.8 Å². The molecule has 0 spiro atoms. The highest BCUT2D eigenvalue weighted by Gasteiger charge is 2.28. The van der Waals surface area contributed by atoms with E-state index in [9.17, 15) is 28.7 Å². The number of halogens is 1. The van der Waals surface area contributed by atoms with Crippen LogP contribution in [0.1, 0.15) is 40.7 Å². The SMILES string of the molecule is COCCNC(=O)c1c(O)c2ncc(Cc3ccc(F)cc3)cc2n(CCCN2C(=O)CCC2=O)c1=O. The summed E-state index contributed by atoms with van der Waals surface area (Å²) in [5.74, 6) is -2.17. The minimum atomic E-state index is -0.766. The third-order valence-electron chi connectivity index (χ3n) is 6.19. The fourth-order valence-corrected chi connectivity index (χ4v) is 4.32. The van der Waals surface area contributed by atoms with Crippen LogP contribution in [0.25, 0.3) is 11.0 Å². The standard InChI is InChI=1S/C26H27FN4O6/c1-37-12-9-28-25(35)22-24(34)23-19(14-17(15-29-23)13-16-3-5-18(27)6-4-16)30(26(22)36)10-2-11-31-20(32)7-8-21(31)33/h3-6,14-15,34H,2,7-13H2,1H3,(H,28,35). The molecular formula is C26H27FN4O6. The molecule has 1 aromatic carbocycles. The van der Waals surface area contributed by atoms with Gasteiger partial charge in [-0.2, -0.15) is 0 Å². The van der Waals surface area contributed by atoms with Gasteiger partial charge in [0, 0.05) is 45.8 Å². The highest BCUT2D eigenvalue weighted by Crippen LogP contribution is 2.26. The summed E-state index contributed by atoms with van der Waals surface area (Å²) in [7, 11) is 1.47. The fourth-order valence-electron chi connectivity index (χ4n) is 4.32. The highest BCUT2D eigenvalue weighted by molar-refractivity contribution is 6.02. The maximum Gasteiger partial charge on any atom is 0.267 e. The van der Waals surface area contributed by atoms with Gasteiger partial charge in [0.25, 0.3) is 11.5 Å². The number of fused-ring (bicyclic) bond motifs is 1. The fraction of sp³-hybridized carbons (Fsp3) is 0.346. The first-order valence-corrected chi connectivity index (χ1v) is 11.9. The van der Waals surface area contributed by atoms with Gasteiger partial charge in [0.2, 0.25) is 11.8 Å². The molecular weight excluding hydrogens is 483 g/mol. The number of pyridine rings is 2. The number of ether oxygens (including phenoxy) is 1. The zero-order valence-corrected chi connectivity index (χ0v) is 20.3. The molecule has 11 heteroatoms. The molecule has 0 unspecified atom stereocenters. The molecule has 4 rings (SSSR count). The number of hydrogen-bond donors (Lipinski definition) is 2. The van der Waals surface area contributed by atoms with Gasteiger partial charge in [-0.15, -0.1) is 0 Å². The lowest BCUT2D eigenvalue weighted by Crippen LogP contribution is -2.36. The molecule has 2 aromatic heterocycles. The van der Waals surface area contributed by atoms with Gasteiger partial charge in [0.15, 0.2) is 5.75 Å². The van der Waals surface area contributed by atoms with Crippen LogP contribution < -0.4 is 10.9 Å². The van der Waals surface area contributed by atoms with Crippen molar-refractivity contribution in [1.82, 2.24) is 19.8 Å². The average molecular weight is 511 g/mol. The molecule has 2 N–H and O–H groups in total. The van der Waals surface area contributed by atoms with Gasteiger partial charge in [-0.3, -0.25) is 29.1 Å². The molecule has 1 aliphatic heterocycles. The van der Waals surface area contributed by atoms with Crippen LogP contribution in [0.5, 0.6) is 5.75 Å². The van der Waals surface area contributed by atoms with E-state index in [0.29, 0.717) is 17.5 Å². The third kappa shape index (κ3) is 5.67. The summed E-state index contributed by atoms with van der Waals surface area (Å²) in [5, 5.41) is 13.4. The van der Waals surface area contributed by atoms with Crippen molar-refractivity contribution in [3.05, 3.63) is 69.4 Å². The van der Waals surface area contributed by atoms with Crippen LogP contribution in [-0.4, -0.2) is 64.1 Å². The molecule has 0 saturated carbocycles. The van der Waals surface area contributed by atoms with Crippen molar-refractivity contribution in [3.63, 3.8) is 0 Å². The number of carbonyl (C=O) groups excluding carboxylic acids is 3. The van der Waals surface area contributed by atoms with Gasteiger partial charge in [-0.1, -0.05) is 12.1 Å². The average Bonchev–Trinajstić information content (AvgIpc) is 3.19. The number of nitrogens with zero attached hydrogens (tertiary/aromatic N) is 3. The normalized spacial score (nSPS) is 13.5. The van der Waals surface area contributed by atoms with E-state index in [-0.39, 0.29) is 68.7 Å². The maximum absolute atomic E-state index is 13.4.